The van der Waals surface area contributed by atoms with Crippen LogP contribution in [0.15, 0.2) is 0 Å². The molecule has 0 aromatic carbocycles. The number of hydroxylamine groups is 2. The summed E-state index contributed by atoms with van der Waals surface area (Å²) in [5, 5.41) is 15.6. The van der Waals surface area contributed by atoms with Gasteiger partial charge in [0, 0.05) is 13.1 Å². The zero-order valence-electron chi connectivity index (χ0n) is 6.62. The zero-order valence-corrected chi connectivity index (χ0v) is 6.62. The highest BCUT2D eigenvalue weighted by molar-refractivity contribution is 4.80. The summed E-state index contributed by atoms with van der Waals surface area (Å²) in [7, 11) is 0. The number of hydrogen-bond donors (Lipinski definition) is 1. The van der Waals surface area contributed by atoms with Crippen molar-refractivity contribution in [2.24, 2.45) is 0 Å². The lowest BCUT2D eigenvalue weighted by Crippen LogP contribution is -2.61. The van der Waals surface area contributed by atoms with E-state index in [1.807, 2.05) is 0 Å². The van der Waals surface area contributed by atoms with E-state index in [1.54, 1.807) is 0 Å². The Bertz CT molecular complexity index is 140. The molecule has 1 atom stereocenters. The molecule has 2 heterocycles. The summed E-state index contributed by atoms with van der Waals surface area (Å²) in [6.07, 6.45) is 2.17. The van der Waals surface area contributed by atoms with Crippen LogP contribution in [0.3, 0.4) is 0 Å². The van der Waals surface area contributed by atoms with Crippen molar-refractivity contribution in [3.8, 4) is 0 Å². The average Bonchev–Trinajstić information content (AvgIpc) is 2.06. The van der Waals surface area contributed by atoms with Crippen molar-refractivity contribution in [2.75, 3.05) is 26.2 Å². The van der Waals surface area contributed by atoms with E-state index in [4.69, 9.17) is 0 Å². The lowest BCUT2D eigenvalue weighted by atomic mass is 10.2. The molecule has 0 aliphatic carbocycles. The maximum Gasteiger partial charge on any atom is 0.105 e. The van der Waals surface area contributed by atoms with E-state index in [2.05, 4.69) is 10.2 Å². The van der Waals surface area contributed by atoms with Crippen LogP contribution in [-0.4, -0.2) is 42.4 Å². The fraction of sp³-hybridized carbons (Fsp3) is 1.00. The van der Waals surface area contributed by atoms with Gasteiger partial charge in [0.1, 0.15) is 6.29 Å². The molecule has 2 aliphatic heterocycles. The van der Waals surface area contributed by atoms with E-state index < -0.39 is 0 Å². The summed E-state index contributed by atoms with van der Waals surface area (Å²) in [5.74, 6) is 0. The fourth-order valence-corrected chi connectivity index (χ4v) is 1.83. The molecule has 4 nitrogen and oxygen atoms in total. The van der Waals surface area contributed by atoms with Crippen LogP contribution >= 0.6 is 0 Å². The second-order valence-corrected chi connectivity index (χ2v) is 3.21. The van der Waals surface area contributed by atoms with E-state index in [0.717, 1.165) is 31.1 Å². The molecule has 1 N–H and O–H groups in total. The van der Waals surface area contributed by atoms with Crippen molar-refractivity contribution in [3.05, 3.63) is 5.21 Å². The van der Waals surface area contributed by atoms with Crippen LogP contribution in [0.1, 0.15) is 12.8 Å². The van der Waals surface area contributed by atoms with Gasteiger partial charge in [-0.15, -0.1) is 0 Å². The third-order valence-electron chi connectivity index (χ3n) is 2.39. The highest BCUT2D eigenvalue weighted by atomic mass is 16.5. The van der Waals surface area contributed by atoms with E-state index >= 15 is 0 Å². The Morgan fingerprint density at radius 3 is 2.82 bits per heavy atom. The molecule has 2 saturated heterocycles. The first-order valence-electron chi connectivity index (χ1n) is 4.29. The van der Waals surface area contributed by atoms with Crippen LogP contribution < -0.4 is 5.32 Å². The molecule has 4 heteroatoms. The lowest BCUT2D eigenvalue weighted by molar-refractivity contribution is -0.00648. The molecule has 2 rings (SSSR count). The molecule has 0 aromatic heterocycles. The summed E-state index contributed by atoms with van der Waals surface area (Å²) in [4.78, 5) is 2.22. The predicted molar refractivity (Wildman–Crippen MR) is 42.7 cm³/mol. The van der Waals surface area contributed by atoms with Crippen molar-refractivity contribution in [1.82, 2.24) is 15.3 Å². The number of hydrogen-bond acceptors (Lipinski definition) is 4. The van der Waals surface area contributed by atoms with Crippen molar-refractivity contribution in [3.63, 3.8) is 0 Å². The van der Waals surface area contributed by atoms with Gasteiger partial charge in [-0.1, -0.05) is 0 Å². The van der Waals surface area contributed by atoms with Gasteiger partial charge in [0.2, 0.25) is 0 Å². The predicted octanol–water partition coefficient (Wildman–Crippen LogP) is -0.231. The van der Waals surface area contributed by atoms with Gasteiger partial charge >= 0.3 is 0 Å². The van der Waals surface area contributed by atoms with Gasteiger partial charge in [-0.3, -0.25) is 10.2 Å². The first-order valence-corrected chi connectivity index (χ1v) is 4.29. The van der Waals surface area contributed by atoms with Crippen molar-refractivity contribution < 1.29 is 0 Å². The SMILES string of the molecule is [O-]N1CCCN2CCCNC12. The van der Waals surface area contributed by atoms with Crippen LogP contribution in [0.4, 0.5) is 0 Å². The topological polar surface area (TPSA) is 41.6 Å². The third-order valence-corrected chi connectivity index (χ3v) is 2.39. The van der Waals surface area contributed by atoms with Gasteiger partial charge in [0.05, 0.1) is 0 Å². The zero-order chi connectivity index (χ0) is 7.68. The average molecular weight is 156 g/mol. The highest BCUT2D eigenvalue weighted by Gasteiger charge is 2.25. The summed E-state index contributed by atoms with van der Waals surface area (Å²) in [6, 6.07) is 0. The van der Waals surface area contributed by atoms with Crippen LogP contribution in [0, 0.1) is 5.21 Å². The minimum atomic E-state index is -0.0162. The summed E-state index contributed by atoms with van der Waals surface area (Å²) in [6.45, 7) is 3.83. The molecule has 0 spiro atoms. The summed E-state index contributed by atoms with van der Waals surface area (Å²) in [5.41, 5.74) is 0. The Hall–Kier alpha value is -0.160. The smallest absolute Gasteiger partial charge is 0.105 e. The maximum absolute atomic E-state index is 11.2. The molecule has 0 bridgehead atoms. The molecular weight excluding hydrogens is 142 g/mol. The molecule has 64 valence electrons. The number of nitrogens with zero attached hydrogens (tertiary/aromatic N) is 2. The standard InChI is InChI=1S/C7H14N3O/c11-10-6-2-5-9-4-1-3-8-7(9)10/h7-8H,1-6H2/q-1. The molecule has 0 saturated carbocycles. The summed E-state index contributed by atoms with van der Waals surface area (Å²) >= 11 is 0. The van der Waals surface area contributed by atoms with Crippen molar-refractivity contribution in [1.29, 1.82) is 0 Å². The molecule has 0 aromatic rings. The largest absolute Gasteiger partial charge is 0.783 e. The van der Waals surface area contributed by atoms with E-state index in [1.165, 1.54) is 6.42 Å². The minimum absolute atomic E-state index is 0.0162. The molecule has 2 fully saturated rings. The highest BCUT2D eigenvalue weighted by Crippen LogP contribution is 2.13. The number of rotatable bonds is 0. The van der Waals surface area contributed by atoms with E-state index in [9.17, 15) is 5.21 Å². The quantitative estimate of drug-likeness (QED) is 0.526. The Balaban J connectivity index is 1.99. The minimum Gasteiger partial charge on any atom is -0.783 e. The fourth-order valence-electron chi connectivity index (χ4n) is 1.83. The van der Waals surface area contributed by atoms with E-state index in [0.29, 0.717) is 6.54 Å². The Morgan fingerprint density at radius 2 is 2.00 bits per heavy atom. The van der Waals surface area contributed by atoms with Crippen LogP contribution in [-0.2, 0) is 0 Å². The van der Waals surface area contributed by atoms with Crippen molar-refractivity contribution in [2.45, 2.75) is 19.1 Å². The first kappa shape index (κ1) is 7.49. The number of nitrogens with one attached hydrogen (secondary N) is 1. The molecule has 11 heavy (non-hydrogen) atoms. The van der Waals surface area contributed by atoms with Gasteiger partial charge in [-0.25, -0.2) is 0 Å². The molecule has 0 amide bonds. The molecule has 0 radical (unpaired) electrons. The maximum atomic E-state index is 11.2. The lowest BCUT2D eigenvalue weighted by Gasteiger charge is -2.50. The molecule has 2 aliphatic rings. The van der Waals surface area contributed by atoms with Gasteiger partial charge < -0.3 is 10.3 Å². The summed E-state index contributed by atoms with van der Waals surface area (Å²) < 4.78 is 0. The Morgan fingerprint density at radius 1 is 1.18 bits per heavy atom. The van der Waals surface area contributed by atoms with Crippen molar-refractivity contribution >= 4 is 0 Å². The first-order chi connectivity index (χ1) is 5.38. The van der Waals surface area contributed by atoms with Gasteiger partial charge in [-0.2, -0.15) is 0 Å². The monoisotopic (exact) mass is 156 g/mol. The molecule has 1 unspecified atom stereocenters. The second-order valence-electron chi connectivity index (χ2n) is 3.21. The Kier molecular flexibility index (Phi) is 2.09. The van der Waals surface area contributed by atoms with Gasteiger partial charge in [0.15, 0.2) is 0 Å². The van der Waals surface area contributed by atoms with Gasteiger partial charge in [0.25, 0.3) is 0 Å². The number of fused-ring (bicyclic) bond motifs is 1. The van der Waals surface area contributed by atoms with Crippen LogP contribution in [0.25, 0.3) is 0 Å². The van der Waals surface area contributed by atoms with Gasteiger partial charge in [-0.05, 0) is 25.9 Å². The van der Waals surface area contributed by atoms with Crippen LogP contribution in [0.2, 0.25) is 0 Å². The van der Waals surface area contributed by atoms with E-state index in [-0.39, 0.29) is 6.29 Å². The molecular formula is C7H14N3O-. The second kappa shape index (κ2) is 3.06. The van der Waals surface area contributed by atoms with Crippen LogP contribution in [0.5, 0.6) is 0 Å². The normalized spacial score (nSPS) is 35.2. The Labute approximate surface area is 66.7 Å². The third kappa shape index (κ3) is 1.39.